The van der Waals surface area contributed by atoms with E-state index in [2.05, 4.69) is 28.0 Å². The minimum absolute atomic E-state index is 0.177. The number of aromatic nitrogens is 2. The number of carbonyl (C=O) groups is 1. The fourth-order valence-electron chi connectivity index (χ4n) is 3.33. The lowest BCUT2D eigenvalue weighted by Crippen LogP contribution is -2.47. The highest BCUT2D eigenvalue weighted by Crippen LogP contribution is 2.26. The van der Waals surface area contributed by atoms with Crippen LogP contribution < -0.4 is 0 Å². The van der Waals surface area contributed by atoms with Gasteiger partial charge in [-0.05, 0) is 36.4 Å². The van der Waals surface area contributed by atoms with Crippen LogP contribution in [0.5, 0.6) is 0 Å². The summed E-state index contributed by atoms with van der Waals surface area (Å²) in [5, 5.41) is 1.71. The second-order valence-electron chi connectivity index (χ2n) is 6.80. The van der Waals surface area contributed by atoms with Gasteiger partial charge in [0.25, 0.3) is 0 Å². The molecular weight excluding hydrogens is 348 g/mol. The first-order valence-electron chi connectivity index (χ1n) is 8.78. The number of nitrogens with zero attached hydrogens (tertiary/aromatic N) is 3. The summed E-state index contributed by atoms with van der Waals surface area (Å²) in [6.45, 7) is 3.46. The van der Waals surface area contributed by atoms with Gasteiger partial charge in [-0.25, -0.2) is 4.98 Å². The highest BCUT2D eigenvalue weighted by Gasteiger charge is 2.20. The van der Waals surface area contributed by atoms with Gasteiger partial charge in [0.1, 0.15) is 5.65 Å². The predicted molar refractivity (Wildman–Crippen MR) is 104 cm³/mol. The van der Waals surface area contributed by atoms with Crippen molar-refractivity contribution in [2.45, 2.75) is 6.42 Å². The number of pyridine rings is 1. The number of carbonyl (C=O) groups excluding carboxylic acids is 1. The third-order valence-electron chi connectivity index (χ3n) is 4.99. The van der Waals surface area contributed by atoms with Gasteiger partial charge in [0, 0.05) is 54.5 Å². The normalized spacial score (nSPS) is 15.5. The van der Waals surface area contributed by atoms with Crippen LogP contribution in [0.25, 0.3) is 22.2 Å². The molecule has 1 fully saturated rings. The molecule has 2 aromatic heterocycles. The monoisotopic (exact) mass is 368 g/mol. The standard InChI is InChI=1S/C20H21ClN4O/c1-24-6-8-25(9-7-24)19(26)11-16-13-23-20-18(16)10-15(12-22-20)14-2-4-17(21)5-3-14/h2-5,10,12-13H,6-9,11H2,1H3,(H,22,23). The molecule has 26 heavy (non-hydrogen) atoms. The minimum Gasteiger partial charge on any atom is -0.346 e. The Balaban J connectivity index is 1.58. The molecule has 0 aliphatic carbocycles. The summed E-state index contributed by atoms with van der Waals surface area (Å²) in [4.78, 5) is 24.6. The quantitative estimate of drug-likeness (QED) is 0.772. The zero-order valence-corrected chi connectivity index (χ0v) is 15.5. The predicted octanol–water partition coefficient (Wildman–Crippen LogP) is 3.20. The first-order valence-corrected chi connectivity index (χ1v) is 9.16. The SMILES string of the molecule is CN1CCN(C(=O)Cc2c[nH]c3ncc(-c4ccc(Cl)cc4)cc23)CC1. The number of hydrogen-bond donors (Lipinski definition) is 1. The van der Waals surface area contributed by atoms with Gasteiger partial charge in [-0.15, -0.1) is 0 Å². The summed E-state index contributed by atoms with van der Waals surface area (Å²) >= 11 is 5.98. The van der Waals surface area contributed by atoms with E-state index in [9.17, 15) is 4.79 Å². The average Bonchev–Trinajstić information content (AvgIpc) is 3.05. The number of nitrogens with one attached hydrogen (secondary N) is 1. The fraction of sp³-hybridized carbons (Fsp3) is 0.300. The summed E-state index contributed by atoms with van der Waals surface area (Å²) in [5.74, 6) is 0.177. The van der Waals surface area contributed by atoms with E-state index >= 15 is 0 Å². The number of rotatable bonds is 3. The van der Waals surface area contributed by atoms with Gasteiger partial charge in [0.05, 0.1) is 6.42 Å². The molecule has 134 valence electrons. The average molecular weight is 369 g/mol. The fourth-order valence-corrected chi connectivity index (χ4v) is 3.46. The summed E-state index contributed by atoms with van der Waals surface area (Å²) in [5.41, 5.74) is 3.87. The lowest BCUT2D eigenvalue weighted by atomic mass is 10.0. The van der Waals surface area contributed by atoms with Crippen molar-refractivity contribution >= 4 is 28.5 Å². The Morgan fingerprint density at radius 1 is 1.15 bits per heavy atom. The largest absolute Gasteiger partial charge is 0.346 e. The maximum atomic E-state index is 12.7. The maximum Gasteiger partial charge on any atom is 0.227 e. The van der Waals surface area contributed by atoms with Crippen molar-refractivity contribution in [3.05, 3.63) is 53.3 Å². The summed E-state index contributed by atoms with van der Waals surface area (Å²) < 4.78 is 0. The zero-order chi connectivity index (χ0) is 18.1. The maximum absolute atomic E-state index is 12.7. The van der Waals surface area contributed by atoms with E-state index in [1.165, 1.54) is 0 Å². The second kappa shape index (κ2) is 7.09. The molecule has 0 saturated carbocycles. The molecule has 0 radical (unpaired) electrons. The van der Waals surface area contributed by atoms with E-state index < -0.39 is 0 Å². The molecule has 1 aliphatic rings. The summed E-state index contributed by atoms with van der Waals surface area (Å²) in [7, 11) is 2.09. The van der Waals surface area contributed by atoms with Crippen LogP contribution in [0.1, 0.15) is 5.56 Å². The molecule has 3 aromatic rings. The first kappa shape index (κ1) is 17.1. The molecule has 1 aliphatic heterocycles. The van der Waals surface area contributed by atoms with Crippen LogP contribution in [0.3, 0.4) is 0 Å². The highest BCUT2D eigenvalue weighted by atomic mass is 35.5. The molecule has 5 nitrogen and oxygen atoms in total. The number of benzene rings is 1. The van der Waals surface area contributed by atoms with Gasteiger partial charge < -0.3 is 14.8 Å². The zero-order valence-electron chi connectivity index (χ0n) is 14.7. The van der Waals surface area contributed by atoms with Crippen molar-refractivity contribution in [2.24, 2.45) is 0 Å². The van der Waals surface area contributed by atoms with Gasteiger partial charge in [-0.3, -0.25) is 4.79 Å². The van der Waals surface area contributed by atoms with Crippen LogP contribution in [0, 0.1) is 0 Å². The van der Waals surface area contributed by atoms with Gasteiger partial charge in [-0.1, -0.05) is 23.7 Å². The van der Waals surface area contributed by atoms with E-state index in [0.717, 1.165) is 53.9 Å². The van der Waals surface area contributed by atoms with Gasteiger partial charge >= 0.3 is 0 Å². The lowest BCUT2D eigenvalue weighted by molar-refractivity contribution is -0.132. The van der Waals surface area contributed by atoms with Crippen molar-refractivity contribution in [3.63, 3.8) is 0 Å². The Hall–Kier alpha value is -2.37. The van der Waals surface area contributed by atoms with Crippen molar-refractivity contribution in [3.8, 4) is 11.1 Å². The number of halogens is 1. The topological polar surface area (TPSA) is 52.2 Å². The van der Waals surface area contributed by atoms with E-state index in [1.54, 1.807) is 0 Å². The van der Waals surface area contributed by atoms with Gasteiger partial charge in [-0.2, -0.15) is 0 Å². The molecule has 0 unspecified atom stereocenters. The molecule has 1 aromatic carbocycles. The minimum atomic E-state index is 0.177. The second-order valence-corrected chi connectivity index (χ2v) is 7.24. The molecule has 3 heterocycles. The van der Waals surface area contributed by atoms with E-state index in [4.69, 9.17) is 11.6 Å². The Labute approximate surface area is 157 Å². The third-order valence-corrected chi connectivity index (χ3v) is 5.24. The van der Waals surface area contributed by atoms with Gasteiger partial charge in [0.15, 0.2) is 0 Å². The molecule has 0 spiro atoms. The van der Waals surface area contributed by atoms with Gasteiger partial charge in [0.2, 0.25) is 5.91 Å². The Morgan fingerprint density at radius 3 is 2.62 bits per heavy atom. The number of fused-ring (bicyclic) bond motifs is 1. The lowest BCUT2D eigenvalue weighted by Gasteiger charge is -2.32. The number of hydrogen-bond acceptors (Lipinski definition) is 3. The summed E-state index contributed by atoms with van der Waals surface area (Å²) in [6, 6.07) is 9.79. The van der Waals surface area contributed by atoms with Crippen LogP contribution in [-0.4, -0.2) is 58.9 Å². The Kier molecular flexibility index (Phi) is 4.66. The Morgan fingerprint density at radius 2 is 1.88 bits per heavy atom. The van der Waals surface area contributed by atoms with Crippen LogP contribution in [0.15, 0.2) is 42.7 Å². The number of amides is 1. The smallest absolute Gasteiger partial charge is 0.227 e. The van der Waals surface area contributed by atoms with Crippen LogP contribution >= 0.6 is 11.6 Å². The molecule has 0 bridgehead atoms. The number of H-pyrrole nitrogens is 1. The van der Waals surface area contributed by atoms with Crippen LogP contribution in [0.2, 0.25) is 5.02 Å². The molecule has 1 saturated heterocycles. The first-order chi connectivity index (χ1) is 12.6. The van der Waals surface area contributed by atoms with Crippen molar-refractivity contribution in [1.29, 1.82) is 0 Å². The molecular formula is C20H21ClN4O. The summed E-state index contributed by atoms with van der Waals surface area (Å²) in [6.07, 6.45) is 4.14. The molecule has 0 atom stereocenters. The molecule has 4 rings (SSSR count). The van der Waals surface area contributed by atoms with Crippen molar-refractivity contribution in [2.75, 3.05) is 33.2 Å². The molecule has 6 heteroatoms. The number of aromatic amines is 1. The van der Waals surface area contributed by atoms with Crippen molar-refractivity contribution in [1.82, 2.24) is 19.8 Å². The molecule has 1 N–H and O–H groups in total. The third kappa shape index (κ3) is 3.45. The number of piperazine rings is 1. The van der Waals surface area contributed by atoms with E-state index in [1.807, 2.05) is 41.6 Å². The van der Waals surface area contributed by atoms with E-state index in [0.29, 0.717) is 11.4 Å². The Bertz CT molecular complexity index is 927. The van der Waals surface area contributed by atoms with Crippen LogP contribution in [-0.2, 0) is 11.2 Å². The van der Waals surface area contributed by atoms with E-state index in [-0.39, 0.29) is 5.91 Å². The highest BCUT2D eigenvalue weighted by molar-refractivity contribution is 6.30. The van der Waals surface area contributed by atoms with Crippen LogP contribution in [0.4, 0.5) is 0 Å². The van der Waals surface area contributed by atoms with Crippen molar-refractivity contribution < 1.29 is 4.79 Å². The number of likely N-dealkylation sites (N-methyl/N-ethyl adjacent to an activating group) is 1. The molecule has 1 amide bonds.